The van der Waals surface area contributed by atoms with Crippen molar-refractivity contribution in [2.24, 2.45) is 0 Å². The molecule has 0 unspecified atom stereocenters. The molecular formula is C12H11BrN2O2S. The quantitative estimate of drug-likeness (QED) is 0.937. The van der Waals surface area contributed by atoms with Crippen LogP contribution in [0.4, 0.5) is 5.13 Å². The van der Waals surface area contributed by atoms with E-state index in [1.807, 2.05) is 36.2 Å². The summed E-state index contributed by atoms with van der Waals surface area (Å²) in [6.07, 6.45) is 1.39. The Morgan fingerprint density at radius 3 is 2.83 bits per heavy atom. The summed E-state index contributed by atoms with van der Waals surface area (Å²) in [5, 5.41) is 9.56. The molecule has 0 aliphatic carbocycles. The fourth-order valence-electron chi connectivity index (χ4n) is 1.49. The molecule has 18 heavy (non-hydrogen) atoms. The number of hydrogen-bond donors (Lipinski definition) is 1. The van der Waals surface area contributed by atoms with E-state index in [0.29, 0.717) is 11.7 Å². The molecule has 0 aliphatic rings. The number of anilines is 1. The first kappa shape index (κ1) is 13.0. The van der Waals surface area contributed by atoms with E-state index in [4.69, 9.17) is 5.11 Å². The number of aromatic nitrogens is 1. The summed E-state index contributed by atoms with van der Waals surface area (Å²) in [6, 6.07) is 7.93. The third kappa shape index (κ3) is 2.88. The van der Waals surface area contributed by atoms with Crippen LogP contribution in [-0.2, 0) is 6.54 Å². The number of halogens is 1. The second-order valence-electron chi connectivity index (χ2n) is 3.76. The highest BCUT2D eigenvalue weighted by Gasteiger charge is 2.12. The van der Waals surface area contributed by atoms with Gasteiger partial charge in [-0.15, -0.1) is 0 Å². The molecule has 1 heterocycles. The summed E-state index contributed by atoms with van der Waals surface area (Å²) in [4.78, 5) is 17.1. The number of rotatable bonds is 4. The minimum absolute atomic E-state index is 0.254. The maximum atomic E-state index is 10.8. The molecule has 2 aromatic rings. The molecule has 0 saturated heterocycles. The number of carboxylic acids is 1. The molecule has 94 valence electrons. The third-order valence-electron chi connectivity index (χ3n) is 2.40. The topological polar surface area (TPSA) is 53.4 Å². The van der Waals surface area contributed by atoms with Crippen LogP contribution >= 0.6 is 27.3 Å². The smallest absolute Gasteiger partial charge is 0.347 e. The third-order valence-corrected chi connectivity index (χ3v) is 4.27. The zero-order valence-electron chi connectivity index (χ0n) is 9.63. The first-order valence-electron chi connectivity index (χ1n) is 5.21. The van der Waals surface area contributed by atoms with Gasteiger partial charge in [0.25, 0.3) is 0 Å². The molecule has 4 nitrogen and oxygen atoms in total. The number of benzene rings is 1. The Balaban J connectivity index is 2.14. The Morgan fingerprint density at radius 2 is 2.22 bits per heavy atom. The summed E-state index contributed by atoms with van der Waals surface area (Å²) in [7, 11) is 1.89. The predicted molar refractivity (Wildman–Crippen MR) is 75.3 cm³/mol. The number of thiazole rings is 1. The van der Waals surface area contributed by atoms with Crippen LogP contribution in [0.15, 0.2) is 34.9 Å². The highest BCUT2D eigenvalue weighted by atomic mass is 79.9. The van der Waals surface area contributed by atoms with Gasteiger partial charge < -0.3 is 10.0 Å². The van der Waals surface area contributed by atoms with Gasteiger partial charge in [-0.2, -0.15) is 0 Å². The monoisotopic (exact) mass is 326 g/mol. The molecular weight excluding hydrogens is 316 g/mol. The van der Waals surface area contributed by atoms with Crippen molar-refractivity contribution in [2.45, 2.75) is 6.54 Å². The van der Waals surface area contributed by atoms with Crippen molar-refractivity contribution >= 4 is 38.4 Å². The first-order valence-corrected chi connectivity index (χ1v) is 6.82. The Bertz CT molecular complexity index is 571. The normalized spacial score (nSPS) is 10.3. The van der Waals surface area contributed by atoms with E-state index in [0.717, 1.165) is 10.0 Å². The Labute approximate surface area is 117 Å². The number of carboxylic acid groups (broad SMARTS) is 1. The average Bonchev–Trinajstić information content (AvgIpc) is 2.81. The summed E-state index contributed by atoms with van der Waals surface area (Å²) in [5.41, 5.74) is 1.13. The van der Waals surface area contributed by atoms with Gasteiger partial charge in [0.05, 0.1) is 6.20 Å². The van der Waals surface area contributed by atoms with Crippen molar-refractivity contribution in [1.82, 2.24) is 4.98 Å². The van der Waals surface area contributed by atoms with Crippen molar-refractivity contribution < 1.29 is 9.90 Å². The molecule has 0 atom stereocenters. The highest BCUT2D eigenvalue weighted by Crippen LogP contribution is 2.24. The lowest BCUT2D eigenvalue weighted by Gasteiger charge is -2.16. The second kappa shape index (κ2) is 5.49. The molecule has 1 aromatic carbocycles. The Kier molecular flexibility index (Phi) is 3.98. The van der Waals surface area contributed by atoms with Crippen LogP contribution < -0.4 is 4.90 Å². The summed E-state index contributed by atoms with van der Waals surface area (Å²) < 4.78 is 1.03. The van der Waals surface area contributed by atoms with Gasteiger partial charge in [0.2, 0.25) is 0 Å². The van der Waals surface area contributed by atoms with Gasteiger partial charge in [0, 0.05) is 18.1 Å². The Hall–Kier alpha value is -1.40. The maximum Gasteiger partial charge on any atom is 0.347 e. The maximum absolute atomic E-state index is 10.8. The molecule has 1 N–H and O–H groups in total. The number of nitrogens with zero attached hydrogens (tertiary/aromatic N) is 2. The predicted octanol–water partition coefficient (Wildman–Crippen LogP) is 3.24. The summed E-state index contributed by atoms with van der Waals surface area (Å²) in [6.45, 7) is 0.675. The minimum Gasteiger partial charge on any atom is -0.477 e. The van der Waals surface area contributed by atoms with Crippen LogP contribution in [0.2, 0.25) is 0 Å². The largest absolute Gasteiger partial charge is 0.477 e. The van der Waals surface area contributed by atoms with E-state index >= 15 is 0 Å². The molecule has 0 radical (unpaired) electrons. The zero-order valence-corrected chi connectivity index (χ0v) is 12.0. The van der Waals surface area contributed by atoms with E-state index in [1.54, 1.807) is 0 Å². The lowest BCUT2D eigenvalue weighted by atomic mass is 10.2. The van der Waals surface area contributed by atoms with Crippen LogP contribution in [-0.4, -0.2) is 23.1 Å². The second-order valence-corrected chi connectivity index (χ2v) is 5.62. The SMILES string of the molecule is CN(Cc1ccccc1Br)c1ncc(C(=O)O)s1. The molecule has 2 rings (SSSR count). The van der Waals surface area contributed by atoms with Gasteiger partial charge in [-0.3, -0.25) is 0 Å². The van der Waals surface area contributed by atoms with E-state index in [1.165, 1.54) is 17.5 Å². The molecule has 0 fully saturated rings. The number of hydrogen-bond acceptors (Lipinski definition) is 4. The van der Waals surface area contributed by atoms with Crippen LogP contribution in [0, 0.1) is 0 Å². The number of aromatic carboxylic acids is 1. The molecule has 0 bridgehead atoms. The van der Waals surface area contributed by atoms with Gasteiger partial charge in [-0.25, -0.2) is 9.78 Å². The molecule has 0 spiro atoms. The van der Waals surface area contributed by atoms with Gasteiger partial charge in [-0.05, 0) is 11.6 Å². The van der Waals surface area contributed by atoms with Gasteiger partial charge >= 0.3 is 5.97 Å². The lowest BCUT2D eigenvalue weighted by molar-refractivity contribution is 0.0702. The average molecular weight is 327 g/mol. The fourth-order valence-corrected chi connectivity index (χ4v) is 2.62. The van der Waals surface area contributed by atoms with E-state index in [9.17, 15) is 4.79 Å². The molecule has 0 aliphatic heterocycles. The Morgan fingerprint density at radius 1 is 1.50 bits per heavy atom. The van der Waals surface area contributed by atoms with Crippen molar-refractivity contribution in [3.05, 3.63) is 45.4 Å². The van der Waals surface area contributed by atoms with Crippen molar-refractivity contribution in [2.75, 3.05) is 11.9 Å². The fraction of sp³-hybridized carbons (Fsp3) is 0.167. The number of carbonyl (C=O) groups is 1. The highest BCUT2D eigenvalue weighted by molar-refractivity contribution is 9.10. The molecule has 0 amide bonds. The first-order chi connectivity index (χ1) is 8.58. The van der Waals surface area contributed by atoms with E-state index in [2.05, 4.69) is 20.9 Å². The van der Waals surface area contributed by atoms with Crippen LogP contribution in [0.3, 0.4) is 0 Å². The van der Waals surface area contributed by atoms with Crippen LogP contribution in [0.5, 0.6) is 0 Å². The molecule has 1 aromatic heterocycles. The van der Waals surface area contributed by atoms with Gasteiger partial charge in [-0.1, -0.05) is 45.5 Å². The van der Waals surface area contributed by atoms with Gasteiger partial charge in [0.1, 0.15) is 4.88 Å². The molecule has 6 heteroatoms. The zero-order chi connectivity index (χ0) is 13.1. The van der Waals surface area contributed by atoms with E-state index < -0.39 is 5.97 Å². The summed E-state index contributed by atoms with van der Waals surface area (Å²) >= 11 is 4.66. The lowest BCUT2D eigenvalue weighted by Crippen LogP contribution is -2.16. The minimum atomic E-state index is -0.937. The van der Waals surface area contributed by atoms with Gasteiger partial charge in [0.15, 0.2) is 5.13 Å². The van der Waals surface area contributed by atoms with Crippen molar-refractivity contribution in [1.29, 1.82) is 0 Å². The van der Waals surface area contributed by atoms with E-state index in [-0.39, 0.29) is 4.88 Å². The summed E-state index contributed by atoms with van der Waals surface area (Å²) in [5.74, 6) is -0.937. The van der Waals surface area contributed by atoms with Crippen molar-refractivity contribution in [3.8, 4) is 0 Å². The van der Waals surface area contributed by atoms with Crippen LogP contribution in [0.25, 0.3) is 0 Å². The standard InChI is InChI=1S/C12H11BrN2O2S/c1-15(7-8-4-2-3-5-9(8)13)12-14-6-10(18-12)11(16)17/h2-6H,7H2,1H3,(H,16,17). The van der Waals surface area contributed by atoms with Crippen molar-refractivity contribution in [3.63, 3.8) is 0 Å². The molecule has 0 saturated carbocycles. The van der Waals surface area contributed by atoms with Crippen LogP contribution in [0.1, 0.15) is 15.2 Å².